The quantitative estimate of drug-likeness (QED) is 0.378. The van der Waals surface area contributed by atoms with E-state index in [-0.39, 0.29) is 11.3 Å². The van der Waals surface area contributed by atoms with Crippen LogP contribution in [-0.4, -0.2) is 36.1 Å². The summed E-state index contributed by atoms with van der Waals surface area (Å²) in [5.74, 6) is -1.56. The Labute approximate surface area is 113 Å². The Bertz CT molecular complexity index is 556. The summed E-state index contributed by atoms with van der Waals surface area (Å²) in [6.07, 6.45) is 0.448. The molecule has 0 fully saturated rings. The number of nitro benzene ring substituents is 1. The lowest BCUT2D eigenvalue weighted by Gasteiger charge is -2.21. The molecule has 0 unspecified atom stereocenters. The Kier molecular flexibility index (Phi) is 4.73. The molecule has 0 spiro atoms. The van der Waals surface area contributed by atoms with Crippen LogP contribution in [0.3, 0.4) is 0 Å². The zero-order valence-corrected chi connectivity index (χ0v) is 10.3. The summed E-state index contributed by atoms with van der Waals surface area (Å²) >= 11 is 0. The van der Waals surface area contributed by atoms with E-state index in [2.05, 4.69) is 0 Å². The first kappa shape index (κ1) is 15.1. The largest absolute Gasteiger partial charge is 0.368 e. The average molecular weight is 280 g/mol. The number of aldehydes is 1. The molecular weight excluding hydrogens is 268 g/mol. The fourth-order valence-electron chi connectivity index (χ4n) is 1.63. The van der Waals surface area contributed by atoms with Crippen molar-refractivity contribution in [1.29, 1.82) is 0 Å². The Morgan fingerprint density at radius 2 is 1.80 bits per heavy atom. The van der Waals surface area contributed by atoms with Gasteiger partial charge in [0.25, 0.3) is 5.69 Å². The molecule has 2 amide bonds. The molecule has 1 aromatic rings. The van der Waals surface area contributed by atoms with Crippen LogP contribution >= 0.6 is 0 Å². The lowest BCUT2D eigenvalue weighted by Crippen LogP contribution is -2.40. The van der Waals surface area contributed by atoms with E-state index in [9.17, 15) is 24.5 Å². The maximum absolute atomic E-state index is 11.0. The molecule has 0 aliphatic carbocycles. The second-order valence-electron chi connectivity index (χ2n) is 3.91. The smallest absolute Gasteiger partial charge is 0.293 e. The molecule has 20 heavy (non-hydrogen) atoms. The van der Waals surface area contributed by atoms with Crippen LogP contribution in [-0.2, 0) is 9.59 Å². The summed E-state index contributed by atoms with van der Waals surface area (Å²) in [6, 6.07) is 3.62. The predicted octanol–water partition coefficient (Wildman–Crippen LogP) is -0.816. The highest BCUT2D eigenvalue weighted by molar-refractivity contribution is 5.87. The molecule has 0 saturated heterocycles. The van der Waals surface area contributed by atoms with E-state index in [1.54, 1.807) is 0 Å². The lowest BCUT2D eigenvalue weighted by molar-refractivity contribution is -0.384. The Morgan fingerprint density at radius 1 is 1.25 bits per heavy atom. The van der Waals surface area contributed by atoms with E-state index in [0.29, 0.717) is 6.29 Å². The maximum Gasteiger partial charge on any atom is 0.293 e. The Hall–Kier alpha value is -2.97. The van der Waals surface area contributed by atoms with Gasteiger partial charge in [-0.05, 0) is 12.1 Å². The highest BCUT2D eigenvalue weighted by Gasteiger charge is 2.22. The number of carbonyl (C=O) groups is 3. The molecule has 106 valence electrons. The van der Waals surface area contributed by atoms with E-state index in [1.807, 2.05) is 0 Å². The minimum atomic E-state index is -0.778. The number of nitrogens with two attached hydrogens (primary N) is 2. The normalized spacial score (nSPS) is 9.80. The third kappa shape index (κ3) is 3.77. The van der Waals surface area contributed by atoms with E-state index >= 15 is 0 Å². The number of anilines is 1. The van der Waals surface area contributed by atoms with Gasteiger partial charge >= 0.3 is 0 Å². The molecular formula is C11H12N4O5. The van der Waals surface area contributed by atoms with Crippen molar-refractivity contribution in [1.82, 2.24) is 0 Å². The first-order valence-electron chi connectivity index (χ1n) is 5.40. The van der Waals surface area contributed by atoms with Crippen LogP contribution in [0.15, 0.2) is 18.2 Å². The first-order valence-corrected chi connectivity index (χ1v) is 5.40. The van der Waals surface area contributed by atoms with Crippen molar-refractivity contribution in [2.24, 2.45) is 11.5 Å². The van der Waals surface area contributed by atoms with Gasteiger partial charge in [-0.2, -0.15) is 0 Å². The predicted molar refractivity (Wildman–Crippen MR) is 69.1 cm³/mol. The van der Waals surface area contributed by atoms with Gasteiger partial charge in [0.1, 0.15) is 12.0 Å². The van der Waals surface area contributed by atoms with Crippen LogP contribution in [0.4, 0.5) is 11.4 Å². The number of rotatable bonds is 7. The minimum absolute atomic E-state index is 0.0156. The minimum Gasteiger partial charge on any atom is -0.368 e. The molecule has 0 saturated carbocycles. The average Bonchev–Trinajstić information content (AvgIpc) is 2.36. The van der Waals surface area contributed by atoms with Crippen molar-refractivity contribution in [2.75, 3.05) is 18.0 Å². The summed E-state index contributed by atoms with van der Waals surface area (Å²) < 4.78 is 0. The van der Waals surface area contributed by atoms with Crippen molar-refractivity contribution in [2.45, 2.75) is 0 Å². The summed E-state index contributed by atoms with van der Waals surface area (Å²) in [4.78, 5) is 43.9. The van der Waals surface area contributed by atoms with E-state index < -0.39 is 35.5 Å². The number of primary amides is 2. The van der Waals surface area contributed by atoms with Gasteiger partial charge in [-0.3, -0.25) is 24.5 Å². The molecule has 4 N–H and O–H groups in total. The molecule has 0 aliphatic rings. The topological polar surface area (TPSA) is 150 Å². The number of benzene rings is 1. The monoisotopic (exact) mass is 280 g/mol. The second-order valence-corrected chi connectivity index (χ2v) is 3.91. The molecule has 0 aromatic heterocycles. The van der Waals surface area contributed by atoms with Crippen LogP contribution in [0.2, 0.25) is 0 Å². The van der Waals surface area contributed by atoms with Crippen molar-refractivity contribution >= 4 is 29.5 Å². The van der Waals surface area contributed by atoms with Gasteiger partial charge in [0, 0.05) is 11.6 Å². The van der Waals surface area contributed by atoms with Gasteiger partial charge < -0.3 is 16.4 Å². The summed E-state index contributed by atoms with van der Waals surface area (Å²) in [5.41, 5.74) is 9.72. The molecule has 9 heteroatoms. The molecule has 0 heterocycles. The summed E-state index contributed by atoms with van der Waals surface area (Å²) in [6.45, 7) is -0.825. The fourth-order valence-corrected chi connectivity index (χ4v) is 1.63. The molecule has 1 rings (SSSR count). The number of hydrogen-bond acceptors (Lipinski definition) is 6. The van der Waals surface area contributed by atoms with Crippen molar-refractivity contribution in [3.8, 4) is 0 Å². The summed E-state index contributed by atoms with van der Waals surface area (Å²) in [7, 11) is 0. The number of nitro groups is 1. The number of hydrogen-bond donors (Lipinski definition) is 2. The molecule has 0 aliphatic heterocycles. The lowest BCUT2D eigenvalue weighted by atomic mass is 10.1. The summed E-state index contributed by atoms with van der Waals surface area (Å²) in [5, 5.41) is 11.0. The zero-order valence-electron chi connectivity index (χ0n) is 10.3. The van der Waals surface area contributed by atoms with E-state index in [0.717, 1.165) is 11.0 Å². The third-order valence-corrected chi connectivity index (χ3v) is 2.37. The standard InChI is InChI=1S/C11H12N4O5/c12-10(17)4-14(5-11(13)18)8-2-1-7(6-16)3-9(8)15(19)20/h1-3,6H,4-5H2,(H2,12,17)(H2,13,18). The van der Waals surface area contributed by atoms with Gasteiger partial charge in [-0.15, -0.1) is 0 Å². The molecule has 9 nitrogen and oxygen atoms in total. The van der Waals surface area contributed by atoms with Crippen LogP contribution in [0.25, 0.3) is 0 Å². The highest BCUT2D eigenvalue weighted by atomic mass is 16.6. The van der Waals surface area contributed by atoms with Crippen LogP contribution in [0, 0.1) is 10.1 Å². The van der Waals surface area contributed by atoms with Crippen LogP contribution < -0.4 is 16.4 Å². The number of carbonyl (C=O) groups excluding carboxylic acids is 3. The van der Waals surface area contributed by atoms with Crippen LogP contribution in [0.5, 0.6) is 0 Å². The Balaban J connectivity index is 3.30. The van der Waals surface area contributed by atoms with Gasteiger partial charge in [0.05, 0.1) is 18.0 Å². The Morgan fingerprint density at radius 3 is 2.20 bits per heavy atom. The fraction of sp³-hybridized carbons (Fsp3) is 0.182. The van der Waals surface area contributed by atoms with Gasteiger partial charge in [-0.25, -0.2) is 0 Å². The second kappa shape index (κ2) is 6.27. The third-order valence-electron chi connectivity index (χ3n) is 2.37. The van der Waals surface area contributed by atoms with Gasteiger partial charge in [-0.1, -0.05) is 0 Å². The van der Waals surface area contributed by atoms with E-state index in [1.165, 1.54) is 12.1 Å². The molecule has 0 bridgehead atoms. The SMILES string of the molecule is NC(=O)CN(CC(N)=O)c1ccc(C=O)cc1[N+](=O)[O-]. The van der Waals surface area contributed by atoms with E-state index in [4.69, 9.17) is 11.5 Å². The molecule has 0 atom stereocenters. The van der Waals surface area contributed by atoms with Crippen molar-refractivity contribution < 1.29 is 19.3 Å². The van der Waals surface area contributed by atoms with Gasteiger partial charge in [0.2, 0.25) is 11.8 Å². The highest BCUT2D eigenvalue weighted by Crippen LogP contribution is 2.28. The van der Waals surface area contributed by atoms with Gasteiger partial charge in [0.15, 0.2) is 0 Å². The molecule has 1 aromatic carbocycles. The molecule has 0 radical (unpaired) electrons. The first-order chi connectivity index (χ1) is 9.35. The number of nitrogens with zero attached hydrogens (tertiary/aromatic N) is 2. The van der Waals surface area contributed by atoms with Crippen molar-refractivity contribution in [3.05, 3.63) is 33.9 Å². The van der Waals surface area contributed by atoms with Crippen molar-refractivity contribution in [3.63, 3.8) is 0 Å². The van der Waals surface area contributed by atoms with Crippen LogP contribution in [0.1, 0.15) is 10.4 Å². The maximum atomic E-state index is 11.0. The number of amides is 2. The zero-order chi connectivity index (χ0) is 15.3.